The first kappa shape index (κ1) is 28.1. The molecule has 0 bridgehead atoms. The van der Waals surface area contributed by atoms with Crippen LogP contribution in [0.5, 0.6) is 11.5 Å². The number of thiazole rings is 1. The average molecular weight is 590 g/mol. The number of nitrogens with zero attached hydrogens (tertiary/aromatic N) is 5. The third-order valence-corrected chi connectivity index (χ3v) is 9.58. The number of sulfonamides is 1. The molecule has 0 N–H and O–H groups in total. The molecule has 2 aromatic carbocycles. The molecule has 12 nitrogen and oxygen atoms in total. The molecule has 1 saturated heterocycles. The van der Waals surface area contributed by atoms with Crippen LogP contribution >= 0.6 is 11.3 Å². The Hall–Kier alpha value is -3.46. The third-order valence-electron chi connectivity index (χ3n) is 6.62. The van der Waals surface area contributed by atoms with E-state index in [2.05, 4.69) is 0 Å². The van der Waals surface area contributed by atoms with Gasteiger partial charge in [-0.1, -0.05) is 11.3 Å². The molecule has 1 aromatic heterocycles. The summed E-state index contributed by atoms with van der Waals surface area (Å²) in [7, 11) is 0.0528. The lowest BCUT2D eigenvalue weighted by Gasteiger charge is -2.33. The van der Waals surface area contributed by atoms with Crippen LogP contribution < -0.4 is 14.4 Å². The molecule has 0 spiro atoms. The molecule has 3 heterocycles. The summed E-state index contributed by atoms with van der Waals surface area (Å²) < 4.78 is 44.6. The molecule has 5 rings (SSSR count). The van der Waals surface area contributed by atoms with E-state index in [9.17, 15) is 18.0 Å². The third kappa shape index (κ3) is 5.70. The summed E-state index contributed by atoms with van der Waals surface area (Å²) in [5, 5.41) is 0.529. The van der Waals surface area contributed by atoms with E-state index >= 15 is 0 Å². The molecule has 0 aliphatic carbocycles. The molecule has 2 amide bonds. The minimum Gasteiger partial charge on any atom is -0.454 e. The van der Waals surface area contributed by atoms with E-state index in [0.29, 0.717) is 40.8 Å². The van der Waals surface area contributed by atoms with Crippen LogP contribution in [0.3, 0.4) is 0 Å². The van der Waals surface area contributed by atoms with Crippen LogP contribution in [0, 0.1) is 0 Å². The zero-order valence-electron chi connectivity index (χ0n) is 22.5. The zero-order chi connectivity index (χ0) is 28.4. The highest BCUT2D eigenvalue weighted by Gasteiger charge is 2.31. The number of hydrogen-bond donors (Lipinski definition) is 0. The Morgan fingerprint density at radius 3 is 2.35 bits per heavy atom. The van der Waals surface area contributed by atoms with Gasteiger partial charge < -0.3 is 24.0 Å². The van der Waals surface area contributed by atoms with Gasteiger partial charge in [-0.15, -0.1) is 0 Å². The number of carbonyl (C=O) groups is 2. The molecule has 1 fully saturated rings. The van der Waals surface area contributed by atoms with Crippen molar-refractivity contribution in [2.24, 2.45) is 0 Å². The summed E-state index contributed by atoms with van der Waals surface area (Å²) in [4.78, 5) is 35.5. The van der Waals surface area contributed by atoms with Crippen LogP contribution in [0.15, 0.2) is 41.3 Å². The van der Waals surface area contributed by atoms with Gasteiger partial charge in [-0.05, 0) is 45.3 Å². The van der Waals surface area contributed by atoms with Crippen molar-refractivity contribution in [1.82, 2.24) is 19.1 Å². The average Bonchev–Trinajstić information content (AvgIpc) is 3.57. The molecule has 2 aliphatic rings. The minimum absolute atomic E-state index is 0.0861. The molecule has 2 aliphatic heterocycles. The SMILES string of the molecule is CCOC(=O)N1CCN(S(=O)(=O)c2ccc(C(=O)N(CCN(C)C)c3nc4cc5c(cc4s3)OCO5)cc2)CC1. The quantitative estimate of drug-likeness (QED) is 0.390. The fourth-order valence-electron chi connectivity index (χ4n) is 4.41. The number of ether oxygens (including phenoxy) is 3. The van der Waals surface area contributed by atoms with Crippen molar-refractivity contribution in [1.29, 1.82) is 0 Å². The number of carbonyl (C=O) groups excluding carboxylic acids is 2. The molecule has 0 radical (unpaired) electrons. The van der Waals surface area contributed by atoms with Crippen LogP contribution in [-0.4, -0.2) is 106 Å². The van der Waals surface area contributed by atoms with E-state index in [1.54, 1.807) is 17.9 Å². The normalized spacial score (nSPS) is 15.6. The van der Waals surface area contributed by atoms with Crippen LogP contribution in [0.4, 0.5) is 9.93 Å². The van der Waals surface area contributed by atoms with Crippen molar-refractivity contribution in [3.8, 4) is 11.5 Å². The van der Waals surface area contributed by atoms with Gasteiger partial charge in [-0.3, -0.25) is 9.69 Å². The van der Waals surface area contributed by atoms with Gasteiger partial charge >= 0.3 is 6.09 Å². The fourth-order valence-corrected chi connectivity index (χ4v) is 6.83. The van der Waals surface area contributed by atoms with Crippen LogP contribution in [-0.2, 0) is 14.8 Å². The van der Waals surface area contributed by atoms with E-state index in [-0.39, 0.29) is 50.4 Å². The Labute approximate surface area is 236 Å². The molecular formula is C26H31N5O7S2. The van der Waals surface area contributed by atoms with Gasteiger partial charge in [-0.2, -0.15) is 4.31 Å². The number of hydrogen-bond acceptors (Lipinski definition) is 10. The first-order chi connectivity index (χ1) is 19.2. The van der Waals surface area contributed by atoms with E-state index in [4.69, 9.17) is 19.2 Å². The lowest BCUT2D eigenvalue weighted by molar-refractivity contribution is 0.0933. The van der Waals surface area contributed by atoms with Gasteiger partial charge in [-0.25, -0.2) is 18.2 Å². The molecule has 0 saturated carbocycles. The number of benzene rings is 2. The van der Waals surface area contributed by atoms with Gasteiger partial charge in [0.15, 0.2) is 16.6 Å². The summed E-state index contributed by atoms with van der Waals surface area (Å²) in [5.41, 5.74) is 1.05. The number of likely N-dealkylation sites (N-methyl/N-ethyl adjacent to an activating group) is 1. The largest absolute Gasteiger partial charge is 0.454 e. The van der Waals surface area contributed by atoms with Gasteiger partial charge in [0.2, 0.25) is 16.8 Å². The highest BCUT2D eigenvalue weighted by Crippen LogP contribution is 2.40. The Balaban J connectivity index is 1.34. The van der Waals surface area contributed by atoms with Crippen molar-refractivity contribution < 1.29 is 32.2 Å². The monoisotopic (exact) mass is 589 g/mol. The first-order valence-corrected chi connectivity index (χ1v) is 15.1. The Bertz CT molecular complexity index is 1460. The number of rotatable bonds is 8. The highest BCUT2D eigenvalue weighted by atomic mass is 32.2. The second-order valence-corrected chi connectivity index (χ2v) is 12.5. The maximum absolute atomic E-state index is 13.7. The molecule has 0 atom stereocenters. The van der Waals surface area contributed by atoms with Gasteiger partial charge in [0.05, 0.1) is 21.7 Å². The zero-order valence-corrected chi connectivity index (χ0v) is 24.2. The topological polar surface area (TPSA) is 122 Å². The van der Waals surface area contributed by atoms with E-state index in [1.165, 1.54) is 44.8 Å². The predicted molar refractivity (Wildman–Crippen MR) is 150 cm³/mol. The van der Waals surface area contributed by atoms with Crippen molar-refractivity contribution in [2.75, 3.05) is 71.7 Å². The molecular weight excluding hydrogens is 558 g/mol. The summed E-state index contributed by atoms with van der Waals surface area (Å²) in [6, 6.07) is 9.61. The summed E-state index contributed by atoms with van der Waals surface area (Å²) in [6.45, 7) is 3.98. The van der Waals surface area contributed by atoms with Gasteiger partial charge in [0.1, 0.15) is 0 Å². The number of anilines is 1. The maximum atomic E-state index is 13.7. The summed E-state index contributed by atoms with van der Waals surface area (Å²) in [5.74, 6) is 0.982. The van der Waals surface area contributed by atoms with Gasteiger partial charge in [0, 0.05) is 57.0 Å². The van der Waals surface area contributed by atoms with Crippen LogP contribution in [0.25, 0.3) is 10.2 Å². The standard InChI is InChI=1S/C26H31N5O7S2/c1-4-36-26(33)29-10-12-30(13-11-29)40(34,35)19-7-5-18(6-8-19)24(32)31(14-9-28(2)3)25-27-20-15-21-22(38-17-37-21)16-23(20)39-25/h5-8,15-16H,4,9-14,17H2,1-3H3. The second-order valence-electron chi connectivity index (χ2n) is 9.54. The van der Waals surface area contributed by atoms with E-state index in [0.717, 1.165) is 4.70 Å². The molecule has 14 heteroatoms. The van der Waals surface area contributed by atoms with E-state index in [1.807, 2.05) is 25.1 Å². The predicted octanol–water partition coefficient (Wildman–Crippen LogP) is 2.70. The van der Waals surface area contributed by atoms with E-state index < -0.39 is 16.1 Å². The fraction of sp³-hybridized carbons (Fsp3) is 0.423. The van der Waals surface area contributed by atoms with Gasteiger partial charge in [0.25, 0.3) is 5.91 Å². The highest BCUT2D eigenvalue weighted by molar-refractivity contribution is 7.89. The molecule has 0 unspecified atom stereocenters. The minimum atomic E-state index is -3.79. The first-order valence-electron chi connectivity index (χ1n) is 12.9. The summed E-state index contributed by atoms with van der Waals surface area (Å²) >= 11 is 1.38. The summed E-state index contributed by atoms with van der Waals surface area (Å²) in [6.07, 6.45) is -0.444. The molecule has 3 aromatic rings. The van der Waals surface area contributed by atoms with Crippen molar-refractivity contribution in [2.45, 2.75) is 11.8 Å². The van der Waals surface area contributed by atoms with Crippen LogP contribution in [0.2, 0.25) is 0 Å². The smallest absolute Gasteiger partial charge is 0.409 e. The number of piperazine rings is 1. The van der Waals surface area contributed by atoms with Crippen LogP contribution in [0.1, 0.15) is 17.3 Å². The Morgan fingerprint density at radius 1 is 1.02 bits per heavy atom. The molecule has 214 valence electrons. The Morgan fingerprint density at radius 2 is 1.70 bits per heavy atom. The number of amides is 2. The number of fused-ring (bicyclic) bond motifs is 2. The molecule has 40 heavy (non-hydrogen) atoms. The lowest BCUT2D eigenvalue weighted by atomic mass is 10.2. The van der Waals surface area contributed by atoms with Crippen molar-refractivity contribution in [3.05, 3.63) is 42.0 Å². The number of aromatic nitrogens is 1. The van der Waals surface area contributed by atoms with Crippen molar-refractivity contribution in [3.63, 3.8) is 0 Å². The lowest BCUT2D eigenvalue weighted by Crippen LogP contribution is -2.50. The van der Waals surface area contributed by atoms with Crippen molar-refractivity contribution >= 4 is 48.7 Å². The second kappa shape index (κ2) is 11.6. The maximum Gasteiger partial charge on any atom is 0.409 e. The Kier molecular flexibility index (Phi) is 8.12.